The van der Waals surface area contributed by atoms with Crippen LogP contribution in [0, 0.1) is 5.82 Å². The molecule has 1 rings (SSSR count). The molecule has 0 atom stereocenters. The van der Waals surface area contributed by atoms with Gasteiger partial charge in [-0.25, -0.2) is 4.39 Å². The van der Waals surface area contributed by atoms with E-state index < -0.39 is 11.6 Å². The molecule has 0 unspecified atom stereocenters. The van der Waals surface area contributed by atoms with Crippen molar-refractivity contribution < 1.29 is 9.50 Å². The van der Waals surface area contributed by atoms with Gasteiger partial charge < -0.3 is 0 Å². The number of hydrogen-bond donors (Lipinski definition) is 0. The summed E-state index contributed by atoms with van der Waals surface area (Å²) in [6, 6.07) is 4.16. The van der Waals surface area contributed by atoms with Gasteiger partial charge >= 0.3 is 0 Å². The highest BCUT2D eigenvalue weighted by molar-refractivity contribution is 9.10. The fourth-order valence-electron chi connectivity index (χ4n) is 0.484. The zero-order chi connectivity index (χ0) is 6.85. The van der Waals surface area contributed by atoms with Crippen LogP contribution in [-0.4, -0.2) is 0 Å². The SMILES string of the molecule is [O]c1cccc(Br)c1F. The van der Waals surface area contributed by atoms with Crippen molar-refractivity contribution in [3.8, 4) is 5.75 Å². The Bertz CT molecular complexity index is 204. The van der Waals surface area contributed by atoms with Crippen LogP contribution in [0.2, 0.25) is 0 Å². The lowest BCUT2D eigenvalue weighted by Gasteiger charge is -1.90. The molecule has 0 N–H and O–H groups in total. The van der Waals surface area contributed by atoms with E-state index in [1.807, 2.05) is 0 Å². The molecule has 1 radical (unpaired) electrons. The lowest BCUT2D eigenvalue weighted by molar-refractivity contribution is 0.329. The van der Waals surface area contributed by atoms with Crippen LogP contribution in [0.5, 0.6) is 5.75 Å². The highest BCUT2D eigenvalue weighted by Crippen LogP contribution is 2.23. The zero-order valence-corrected chi connectivity index (χ0v) is 5.98. The van der Waals surface area contributed by atoms with Crippen molar-refractivity contribution in [1.82, 2.24) is 0 Å². The summed E-state index contributed by atoms with van der Waals surface area (Å²) in [6.07, 6.45) is 0. The molecule has 0 bridgehead atoms. The molecule has 0 amide bonds. The van der Waals surface area contributed by atoms with Crippen LogP contribution in [0.25, 0.3) is 0 Å². The topological polar surface area (TPSA) is 19.9 Å². The largest absolute Gasteiger partial charge is 0.287 e. The van der Waals surface area contributed by atoms with Gasteiger partial charge in [-0.1, -0.05) is 6.07 Å². The van der Waals surface area contributed by atoms with E-state index >= 15 is 0 Å². The van der Waals surface area contributed by atoms with Gasteiger partial charge in [0.25, 0.3) is 0 Å². The number of benzene rings is 1. The van der Waals surface area contributed by atoms with Crippen LogP contribution in [0.15, 0.2) is 22.7 Å². The predicted octanol–water partition coefficient (Wildman–Crippen LogP) is 2.73. The molecule has 0 saturated carbocycles. The first kappa shape index (κ1) is 6.55. The second-order valence-corrected chi connectivity index (χ2v) is 2.41. The molecule has 1 aromatic rings. The number of halogens is 2. The maximum atomic E-state index is 12.4. The van der Waals surface area contributed by atoms with Gasteiger partial charge in [-0.15, -0.1) is 0 Å². The number of hydrogen-bond acceptors (Lipinski definition) is 0. The monoisotopic (exact) mass is 189 g/mol. The van der Waals surface area contributed by atoms with Crippen molar-refractivity contribution in [3.05, 3.63) is 28.5 Å². The van der Waals surface area contributed by atoms with Crippen LogP contribution < -0.4 is 0 Å². The molecule has 1 aromatic carbocycles. The van der Waals surface area contributed by atoms with Gasteiger partial charge in [0.15, 0.2) is 5.82 Å². The van der Waals surface area contributed by atoms with Gasteiger partial charge in [0, 0.05) is 0 Å². The molecule has 0 saturated heterocycles. The van der Waals surface area contributed by atoms with Gasteiger partial charge in [0.05, 0.1) is 4.47 Å². The van der Waals surface area contributed by atoms with E-state index in [-0.39, 0.29) is 4.47 Å². The van der Waals surface area contributed by atoms with E-state index in [4.69, 9.17) is 0 Å². The third-order valence-electron chi connectivity index (χ3n) is 0.916. The number of rotatable bonds is 0. The summed E-state index contributed by atoms with van der Waals surface area (Å²) in [5.41, 5.74) is 0. The first-order valence-corrected chi connectivity index (χ1v) is 3.12. The Morgan fingerprint density at radius 2 is 2.11 bits per heavy atom. The molecular formula is C6H3BrFO. The molecule has 0 fully saturated rings. The standard InChI is InChI=1S/C6H3BrFO/c7-4-2-1-3-5(9)6(4)8/h1-3H. The van der Waals surface area contributed by atoms with Gasteiger partial charge in [0.1, 0.15) is 0 Å². The Balaban J connectivity index is 3.25. The van der Waals surface area contributed by atoms with Gasteiger partial charge in [-0.05, 0) is 28.1 Å². The van der Waals surface area contributed by atoms with E-state index in [1.54, 1.807) is 0 Å². The van der Waals surface area contributed by atoms with Crippen molar-refractivity contribution in [1.29, 1.82) is 0 Å². The van der Waals surface area contributed by atoms with E-state index in [1.165, 1.54) is 18.2 Å². The van der Waals surface area contributed by atoms with Crippen molar-refractivity contribution in [2.45, 2.75) is 0 Å². The first-order chi connectivity index (χ1) is 4.22. The lowest BCUT2D eigenvalue weighted by Crippen LogP contribution is -1.74. The molecule has 9 heavy (non-hydrogen) atoms. The Morgan fingerprint density at radius 1 is 1.44 bits per heavy atom. The molecule has 0 heterocycles. The zero-order valence-electron chi connectivity index (χ0n) is 4.40. The van der Waals surface area contributed by atoms with Crippen molar-refractivity contribution in [2.75, 3.05) is 0 Å². The van der Waals surface area contributed by atoms with Gasteiger partial charge in [-0.2, -0.15) is 0 Å². The fourth-order valence-corrected chi connectivity index (χ4v) is 0.832. The quantitative estimate of drug-likeness (QED) is 0.599. The van der Waals surface area contributed by atoms with E-state index in [2.05, 4.69) is 15.9 Å². The summed E-state index contributed by atoms with van der Waals surface area (Å²) in [7, 11) is 0. The molecule has 47 valence electrons. The third kappa shape index (κ3) is 1.21. The molecule has 3 heteroatoms. The fraction of sp³-hybridized carbons (Fsp3) is 0. The molecule has 1 nitrogen and oxygen atoms in total. The smallest absolute Gasteiger partial charge is 0.215 e. The van der Waals surface area contributed by atoms with Crippen LogP contribution in [0.1, 0.15) is 0 Å². The summed E-state index contributed by atoms with van der Waals surface area (Å²) in [5.74, 6) is -1.30. The second kappa shape index (κ2) is 2.35. The Kier molecular flexibility index (Phi) is 1.71. The molecule has 0 aliphatic rings. The second-order valence-electron chi connectivity index (χ2n) is 1.55. The summed E-state index contributed by atoms with van der Waals surface area (Å²) >= 11 is 2.87. The highest BCUT2D eigenvalue weighted by atomic mass is 79.9. The van der Waals surface area contributed by atoms with Crippen LogP contribution in [-0.2, 0) is 5.11 Å². The van der Waals surface area contributed by atoms with E-state index in [0.29, 0.717) is 0 Å². The average molecular weight is 190 g/mol. The summed E-state index contributed by atoms with van der Waals surface area (Å²) in [6.45, 7) is 0. The summed E-state index contributed by atoms with van der Waals surface area (Å²) < 4.78 is 12.6. The van der Waals surface area contributed by atoms with Crippen LogP contribution in [0.4, 0.5) is 4.39 Å². The molecular weight excluding hydrogens is 187 g/mol. The Labute approximate surface area is 60.3 Å². The lowest BCUT2D eigenvalue weighted by atomic mass is 10.3. The first-order valence-electron chi connectivity index (χ1n) is 2.33. The maximum absolute atomic E-state index is 12.4. The van der Waals surface area contributed by atoms with Crippen molar-refractivity contribution in [3.63, 3.8) is 0 Å². The molecule has 0 aromatic heterocycles. The minimum atomic E-state index is -0.725. The predicted molar refractivity (Wildman–Crippen MR) is 34.2 cm³/mol. The normalized spacial score (nSPS) is 9.56. The van der Waals surface area contributed by atoms with Crippen molar-refractivity contribution >= 4 is 15.9 Å². The third-order valence-corrected chi connectivity index (χ3v) is 1.53. The maximum Gasteiger partial charge on any atom is 0.215 e. The van der Waals surface area contributed by atoms with Gasteiger partial charge in [-0.3, -0.25) is 5.11 Å². The summed E-state index contributed by atoms with van der Waals surface area (Å²) in [4.78, 5) is 0. The average Bonchev–Trinajstić information content (AvgIpc) is 1.83. The molecule has 0 aliphatic heterocycles. The minimum Gasteiger partial charge on any atom is -0.287 e. The summed E-state index contributed by atoms with van der Waals surface area (Å²) in [5, 5.41) is 10.4. The highest BCUT2D eigenvalue weighted by Gasteiger charge is 2.03. The van der Waals surface area contributed by atoms with E-state index in [9.17, 15) is 9.50 Å². The van der Waals surface area contributed by atoms with Gasteiger partial charge in [0.2, 0.25) is 5.75 Å². The van der Waals surface area contributed by atoms with Crippen molar-refractivity contribution in [2.24, 2.45) is 0 Å². The molecule has 0 aliphatic carbocycles. The van der Waals surface area contributed by atoms with Crippen LogP contribution in [0.3, 0.4) is 0 Å². The Hall–Kier alpha value is -0.570. The van der Waals surface area contributed by atoms with Crippen LogP contribution >= 0.6 is 15.9 Å². The molecule has 0 spiro atoms. The minimum absolute atomic E-state index is 0.218. The van der Waals surface area contributed by atoms with E-state index in [0.717, 1.165) is 0 Å². The Morgan fingerprint density at radius 3 is 2.56 bits per heavy atom.